The van der Waals surface area contributed by atoms with Gasteiger partial charge in [-0.3, -0.25) is 9.59 Å². The minimum absolute atomic E-state index is 0.0231. The second kappa shape index (κ2) is 9.18. The minimum atomic E-state index is -1.18. The van der Waals surface area contributed by atoms with Gasteiger partial charge in [0.25, 0.3) is 5.56 Å². The van der Waals surface area contributed by atoms with Crippen LogP contribution in [0.15, 0.2) is 41.2 Å². The van der Waals surface area contributed by atoms with Crippen molar-refractivity contribution in [1.82, 2.24) is 9.97 Å². The first kappa shape index (κ1) is 22.3. The van der Waals surface area contributed by atoms with Crippen molar-refractivity contribution in [3.63, 3.8) is 0 Å². The normalized spacial score (nSPS) is 10.5. The number of hydrogen-bond acceptors (Lipinski definition) is 8. The second-order valence-corrected chi connectivity index (χ2v) is 6.71. The number of nitrogens with two attached hydrogens (primary N) is 2. The molecule has 0 unspecified atom stereocenters. The number of rotatable bonds is 7. The fraction of sp³-hybridized carbons (Fsp3) is 0.143. The third kappa shape index (κ3) is 4.52. The summed E-state index contributed by atoms with van der Waals surface area (Å²) in [5, 5.41) is 12.0. The molecule has 11 heteroatoms. The van der Waals surface area contributed by atoms with E-state index in [0.717, 1.165) is 0 Å². The molecule has 0 fully saturated rings. The molecule has 0 atom stereocenters. The maximum atomic E-state index is 12.1. The largest absolute Gasteiger partial charge is 0.493 e. The zero-order valence-corrected chi connectivity index (χ0v) is 17.4. The van der Waals surface area contributed by atoms with Gasteiger partial charge < -0.3 is 31.3 Å². The van der Waals surface area contributed by atoms with Crippen LogP contribution in [0.3, 0.4) is 0 Å². The van der Waals surface area contributed by atoms with Crippen molar-refractivity contribution in [2.75, 3.05) is 23.1 Å². The first-order valence-corrected chi connectivity index (χ1v) is 9.54. The highest BCUT2D eigenvalue weighted by Crippen LogP contribution is 2.34. The van der Waals surface area contributed by atoms with Gasteiger partial charge in [-0.1, -0.05) is 12.1 Å². The summed E-state index contributed by atoms with van der Waals surface area (Å²) in [5.41, 5.74) is 9.12. The molecule has 2 aromatic carbocycles. The number of nitrogen functional groups attached to an aromatic ring is 2. The zero-order valence-electron chi connectivity index (χ0n) is 17.4. The summed E-state index contributed by atoms with van der Waals surface area (Å²) in [6.07, 6.45) is 0. The fourth-order valence-electron chi connectivity index (χ4n) is 3.09. The maximum Gasteiger partial charge on any atom is 0.337 e. The Morgan fingerprint density at radius 3 is 2.50 bits per heavy atom. The SMILES string of the molecule is CCOc1cc(-c2ccc(NC(C)=O)c(C(=O)O)c2)ccc1-c1nc(NN)c(N)c(=O)[nH]1. The van der Waals surface area contributed by atoms with Crippen LogP contribution in [0.4, 0.5) is 17.2 Å². The average molecular weight is 438 g/mol. The van der Waals surface area contributed by atoms with Gasteiger partial charge >= 0.3 is 5.97 Å². The Labute approximate surface area is 182 Å². The highest BCUT2D eigenvalue weighted by Gasteiger charge is 2.17. The summed E-state index contributed by atoms with van der Waals surface area (Å²) < 4.78 is 5.73. The molecule has 0 bridgehead atoms. The highest BCUT2D eigenvalue weighted by molar-refractivity contribution is 6.01. The van der Waals surface area contributed by atoms with E-state index in [-0.39, 0.29) is 34.5 Å². The van der Waals surface area contributed by atoms with Gasteiger partial charge in [0.15, 0.2) is 5.82 Å². The molecule has 0 aliphatic carbocycles. The summed E-state index contributed by atoms with van der Waals surface area (Å²) in [6.45, 7) is 3.43. The Kier molecular flexibility index (Phi) is 6.40. The predicted octanol–water partition coefficient (Wildman–Crippen LogP) is 2.03. The molecule has 1 amide bonds. The Hall–Kier alpha value is -4.38. The number of benzene rings is 2. The molecule has 0 radical (unpaired) electrons. The van der Waals surface area contributed by atoms with Crippen LogP contribution in [-0.4, -0.2) is 33.6 Å². The summed E-state index contributed by atoms with van der Waals surface area (Å²) in [7, 11) is 0. The zero-order chi connectivity index (χ0) is 23.4. The lowest BCUT2D eigenvalue weighted by Crippen LogP contribution is -2.20. The molecule has 3 rings (SSSR count). The van der Waals surface area contributed by atoms with Crippen molar-refractivity contribution in [2.45, 2.75) is 13.8 Å². The number of carbonyl (C=O) groups is 2. The number of nitrogens with one attached hydrogen (secondary N) is 3. The Bertz CT molecular complexity index is 1250. The lowest BCUT2D eigenvalue weighted by Gasteiger charge is -2.14. The molecule has 0 saturated carbocycles. The molecule has 8 N–H and O–H groups in total. The number of nitrogens with zero attached hydrogens (tertiary/aromatic N) is 1. The predicted molar refractivity (Wildman–Crippen MR) is 120 cm³/mol. The van der Waals surface area contributed by atoms with Crippen LogP contribution in [0.5, 0.6) is 5.75 Å². The van der Waals surface area contributed by atoms with Crippen LogP contribution < -0.4 is 32.6 Å². The van der Waals surface area contributed by atoms with Crippen molar-refractivity contribution in [1.29, 1.82) is 0 Å². The molecule has 3 aromatic rings. The number of hydrogen-bond donors (Lipinski definition) is 6. The maximum absolute atomic E-state index is 12.1. The van der Waals surface area contributed by atoms with Crippen molar-refractivity contribution in [3.8, 4) is 28.3 Å². The molecule has 1 aromatic heterocycles. The number of aromatic nitrogens is 2. The van der Waals surface area contributed by atoms with Crippen LogP contribution in [-0.2, 0) is 4.79 Å². The van der Waals surface area contributed by atoms with Crippen molar-refractivity contribution >= 4 is 29.1 Å². The lowest BCUT2D eigenvalue weighted by atomic mass is 9.99. The first-order chi connectivity index (χ1) is 15.2. The van der Waals surface area contributed by atoms with Gasteiger partial charge in [0.05, 0.1) is 23.4 Å². The van der Waals surface area contributed by atoms with E-state index in [1.54, 1.807) is 31.2 Å². The molecule has 0 saturated heterocycles. The molecular weight excluding hydrogens is 416 g/mol. The number of amides is 1. The molecular formula is C21H22N6O5. The Morgan fingerprint density at radius 1 is 1.19 bits per heavy atom. The van der Waals surface area contributed by atoms with Gasteiger partial charge in [-0.15, -0.1) is 0 Å². The molecule has 0 aliphatic rings. The highest BCUT2D eigenvalue weighted by atomic mass is 16.5. The monoisotopic (exact) mass is 438 g/mol. The second-order valence-electron chi connectivity index (χ2n) is 6.71. The van der Waals surface area contributed by atoms with Gasteiger partial charge in [0.2, 0.25) is 5.91 Å². The van der Waals surface area contributed by atoms with E-state index in [4.69, 9.17) is 16.3 Å². The number of carboxylic acids is 1. The van der Waals surface area contributed by atoms with Crippen LogP contribution >= 0.6 is 0 Å². The fourth-order valence-corrected chi connectivity index (χ4v) is 3.09. The number of carboxylic acid groups (broad SMARTS) is 1. The summed E-state index contributed by atoms with van der Waals surface area (Å²) in [5.74, 6) is 4.46. The third-order valence-corrected chi connectivity index (χ3v) is 4.52. The van der Waals surface area contributed by atoms with Gasteiger partial charge in [-0.25, -0.2) is 15.6 Å². The van der Waals surface area contributed by atoms with E-state index in [2.05, 4.69) is 20.7 Å². The number of carbonyl (C=O) groups excluding carboxylic acids is 1. The van der Waals surface area contributed by atoms with Gasteiger partial charge in [-0.2, -0.15) is 0 Å². The molecule has 0 spiro atoms. The van der Waals surface area contributed by atoms with E-state index in [0.29, 0.717) is 29.0 Å². The number of hydrazine groups is 1. The molecule has 0 aliphatic heterocycles. The molecule has 11 nitrogen and oxygen atoms in total. The van der Waals surface area contributed by atoms with Crippen LogP contribution in [0, 0.1) is 0 Å². The number of anilines is 3. The quantitative estimate of drug-likeness (QED) is 0.237. The van der Waals surface area contributed by atoms with E-state index >= 15 is 0 Å². The Balaban J connectivity index is 2.12. The number of aromatic amines is 1. The van der Waals surface area contributed by atoms with E-state index in [1.807, 2.05) is 0 Å². The van der Waals surface area contributed by atoms with Crippen molar-refractivity contribution in [3.05, 3.63) is 52.3 Å². The molecule has 166 valence electrons. The van der Waals surface area contributed by atoms with Crippen molar-refractivity contribution in [2.24, 2.45) is 5.84 Å². The smallest absolute Gasteiger partial charge is 0.337 e. The lowest BCUT2D eigenvalue weighted by molar-refractivity contribution is -0.114. The first-order valence-electron chi connectivity index (χ1n) is 9.54. The summed E-state index contributed by atoms with van der Waals surface area (Å²) >= 11 is 0. The number of ether oxygens (including phenoxy) is 1. The van der Waals surface area contributed by atoms with Gasteiger partial charge in [-0.05, 0) is 42.3 Å². The van der Waals surface area contributed by atoms with Crippen LogP contribution in [0.1, 0.15) is 24.2 Å². The van der Waals surface area contributed by atoms with E-state index < -0.39 is 11.5 Å². The summed E-state index contributed by atoms with van der Waals surface area (Å²) in [6, 6.07) is 9.76. The van der Waals surface area contributed by atoms with Crippen molar-refractivity contribution < 1.29 is 19.4 Å². The molecule has 32 heavy (non-hydrogen) atoms. The number of aromatic carboxylic acids is 1. The third-order valence-electron chi connectivity index (χ3n) is 4.52. The summed E-state index contributed by atoms with van der Waals surface area (Å²) in [4.78, 5) is 42.0. The average Bonchev–Trinajstić information content (AvgIpc) is 2.75. The molecule has 1 heterocycles. The topological polar surface area (TPSA) is 185 Å². The van der Waals surface area contributed by atoms with E-state index in [9.17, 15) is 19.5 Å². The van der Waals surface area contributed by atoms with E-state index in [1.165, 1.54) is 19.1 Å². The number of H-pyrrole nitrogens is 1. The van der Waals surface area contributed by atoms with Gasteiger partial charge in [0, 0.05) is 6.92 Å². The Morgan fingerprint density at radius 2 is 1.88 bits per heavy atom. The van der Waals surface area contributed by atoms with Crippen LogP contribution in [0.2, 0.25) is 0 Å². The van der Waals surface area contributed by atoms with Crippen LogP contribution in [0.25, 0.3) is 22.5 Å². The van der Waals surface area contributed by atoms with Gasteiger partial charge in [0.1, 0.15) is 17.3 Å². The minimum Gasteiger partial charge on any atom is -0.493 e. The standard InChI is InChI=1S/C21H22N6O5/c1-3-32-16-9-12(11-5-7-15(24-10(2)28)14(8-11)21(30)31)4-6-13(16)18-25-19(27-23)17(22)20(29)26-18/h4-9H,3,22-23H2,1-2H3,(H,24,28)(H,30,31)(H2,25,26,27,29).